The molecule has 1 aliphatic heterocycles. The Hall–Kier alpha value is -1.34. The fraction of sp³-hybridized carbons (Fsp3) is 0.500. The SMILES string of the molecule is O=C1O[C@](F)([C@@H](O)CO)C(O)=C1O. The summed E-state index contributed by atoms with van der Waals surface area (Å²) >= 11 is 0. The third kappa shape index (κ3) is 1.21. The first kappa shape index (κ1) is 9.75. The number of esters is 1. The first-order valence-electron chi connectivity index (χ1n) is 3.27. The minimum Gasteiger partial charge on any atom is -0.503 e. The molecule has 0 aromatic rings. The topological polar surface area (TPSA) is 107 Å². The zero-order chi connectivity index (χ0) is 10.2. The van der Waals surface area contributed by atoms with Gasteiger partial charge in [0.15, 0.2) is 6.10 Å². The second kappa shape index (κ2) is 2.86. The molecule has 4 N–H and O–H groups in total. The Morgan fingerprint density at radius 1 is 1.54 bits per heavy atom. The van der Waals surface area contributed by atoms with Gasteiger partial charge in [-0.15, -0.1) is 0 Å². The summed E-state index contributed by atoms with van der Waals surface area (Å²) < 4.78 is 17.1. The predicted molar refractivity (Wildman–Crippen MR) is 35.3 cm³/mol. The molecule has 0 radical (unpaired) electrons. The van der Waals surface area contributed by atoms with Crippen molar-refractivity contribution >= 4 is 5.97 Å². The Morgan fingerprint density at radius 2 is 2.08 bits per heavy atom. The van der Waals surface area contributed by atoms with Gasteiger partial charge in [0.1, 0.15) is 0 Å². The summed E-state index contributed by atoms with van der Waals surface area (Å²) in [5.74, 6) is -7.49. The predicted octanol–water partition coefficient (Wildman–Crippen LogP) is -1.11. The van der Waals surface area contributed by atoms with Gasteiger partial charge in [0.25, 0.3) is 0 Å². The van der Waals surface area contributed by atoms with Crippen LogP contribution in [0.1, 0.15) is 0 Å². The number of rotatable bonds is 2. The quantitative estimate of drug-likeness (QED) is 0.415. The molecule has 0 spiro atoms. The number of aliphatic hydroxyl groups excluding tert-OH is 4. The number of carbonyl (C=O) groups excluding carboxylic acids is 1. The van der Waals surface area contributed by atoms with Crippen molar-refractivity contribution in [1.82, 2.24) is 0 Å². The molecule has 0 aromatic heterocycles. The van der Waals surface area contributed by atoms with E-state index in [9.17, 15) is 9.18 Å². The van der Waals surface area contributed by atoms with E-state index in [1.54, 1.807) is 0 Å². The van der Waals surface area contributed by atoms with Gasteiger partial charge < -0.3 is 25.2 Å². The average molecular weight is 194 g/mol. The summed E-state index contributed by atoms with van der Waals surface area (Å²) in [4.78, 5) is 10.5. The van der Waals surface area contributed by atoms with Gasteiger partial charge in [-0.05, 0) is 0 Å². The average Bonchev–Trinajstić information content (AvgIpc) is 2.30. The first-order chi connectivity index (χ1) is 5.93. The highest BCUT2D eigenvalue weighted by Gasteiger charge is 2.55. The van der Waals surface area contributed by atoms with Crippen molar-refractivity contribution in [3.8, 4) is 0 Å². The molecule has 0 unspecified atom stereocenters. The number of hydrogen-bond acceptors (Lipinski definition) is 6. The molecule has 0 fully saturated rings. The summed E-state index contributed by atoms with van der Waals surface area (Å²) in [6, 6.07) is 0. The number of hydrogen-bond donors (Lipinski definition) is 4. The molecule has 13 heavy (non-hydrogen) atoms. The van der Waals surface area contributed by atoms with Crippen LogP contribution in [0.4, 0.5) is 4.39 Å². The molecule has 0 amide bonds. The van der Waals surface area contributed by atoms with Crippen LogP contribution in [0.15, 0.2) is 11.5 Å². The maximum absolute atomic E-state index is 13.3. The lowest BCUT2D eigenvalue weighted by Gasteiger charge is -2.22. The van der Waals surface area contributed by atoms with E-state index in [-0.39, 0.29) is 0 Å². The number of carbonyl (C=O) groups is 1. The molecule has 0 bridgehead atoms. The minimum atomic E-state index is -3.25. The Bertz CT molecular complexity index is 274. The van der Waals surface area contributed by atoms with Crippen molar-refractivity contribution in [3.05, 3.63) is 11.5 Å². The fourth-order valence-corrected chi connectivity index (χ4v) is 0.833. The van der Waals surface area contributed by atoms with Crippen LogP contribution in [-0.2, 0) is 9.53 Å². The second-order valence-corrected chi connectivity index (χ2v) is 2.43. The Kier molecular flexibility index (Phi) is 2.14. The molecule has 0 aromatic carbocycles. The van der Waals surface area contributed by atoms with E-state index < -0.39 is 36.1 Å². The van der Waals surface area contributed by atoms with Gasteiger partial charge in [0, 0.05) is 0 Å². The number of halogens is 1. The smallest absolute Gasteiger partial charge is 0.380 e. The summed E-state index contributed by atoms with van der Waals surface area (Å²) in [5, 5.41) is 34.7. The van der Waals surface area contributed by atoms with Crippen molar-refractivity contribution < 1.29 is 34.3 Å². The van der Waals surface area contributed by atoms with Gasteiger partial charge in [-0.25, -0.2) is 4.79 Å². The highest BCUT2D eigenvalue weighted by atomic mass is 19.2. The maximum atomic E-state index is 13.3. The second-order valence-electron chi connectivity index (χ2n) is 2.43. The van der Waals surface area contributed by atoms with Gasteiger partial charge in [-0.2, -0.15) is 4.39 Å². The molecule has 1 heterocycles. The zero-order valence-corrected chi connectivity index (χ0v) is 6.27. The van der Waals surface area contributed by atoms with E-state index >= 15 is 0 Å². The monoisotopic (exact) mass is 194 g/mol. The Labute approximate surface area is 71.5 Å². The third-order valence-electron chi connectivity index (χ3n) is 1.58. The van der Waals surface area contributed by atoms with Crippen LogP contribution in [0.2, 0.25) is 0 Å². The Balaban J connectivity index is 3.03. The van der Waals surface area contributed by atoms with Crippen molar-refractivity contribution in [2.45, 2.75) is 12.0 Å². The van der Waals surface area contributed by atoms with Crippen LogP contribution in [-0.4, -0.2) is 45.0 Å². The Morgan fingerprint density at radius 3 is 2.38 bits per heavy atom. The van der Waals surface area contributed by atoms with Crippen LogP contribution in [0.3, 0.4) is 0 Å². The summed E-state index contributed by atoms with van der Waals surface area (Å²) in [7, 11) is 0. The standard InChI is InChI=1S/C6H7FO6/c7-6(2(9)1-8)4(11)3(10)5(12)13-6/h2,8-11H,1H2/t2-,6+/m0/s1. The molecular weight excluding hydrogens is 187 g/mol. The third-order valence-corrected chi connectivity index (χ3v) is 1.58. The first-order valence-corrected chi connectivity index (χ1v) is 3.27. The highest BCUT2D eigenvalue weighted by Crippen LogP contribution is 2.34. The van der Waals surface area contributed by atoms with E-state index in [2.05, 4.69) is 4.74 Å². The van der Waals surface area contributed by atoms with Gasteiger partial charge in [-0.1, -0.05) is 0 Å². The lowest BCUT2D eigenvalue weighted by atomic mass is 10.1. The van der Waals surface area contributed by atoms with Gasteiger partial charge in [-0.3, -0.25) is 0 Å². The van der Waals surface area contributed by atoms with Crippen molar-refractivity contribution in [1.29, 1.82) is 0 Å². The molecule has 1 rings (SSSR count). The van der Waals surface area contributed by atoms with Gasteiger partial charge in [0.2, 0.25) is 11.5 Å². The van der Waals surface area contributed by atoms with Crippen LogP contribution >= 0.6 is 0 Å². The number of cyclic esters (lactones) is 1. The van der Waals surface area contributed by atoms with Crippen LogP contribution < -0.4 is 0 Å². The van der Waals surface area contributed by atoms with Crippen molar-refractivity contribution in [2.24, 2.45) is 0 Å². The molecule has 2 atom stereocenters. The molecule has 1 aliphatic rings. The summed E-state index contributed by atoms with van der Waals surface area (Å²) in [6.07, 6.45) is -2.14. The van der Waals surface area contributed by atoms with Crippen LogP contribution in [0.5, 0.6) is 0 Å². The van der Waals surface area contributed by atoms with E-state index in [0.717, 1.165) is 0 Å². The number of aliphatic hydroxyl groups is 4. The summed E-state index contributed by atoms with van der Waals surface area (Å²) in [6.45, 7) is -1.07. The number of ether oxygens (including phenoxy) is 1. The lowest BCUT2D eigenvalue weighted by Crippen LogP contribution is -2.42. The zero-order valence-electron chi connectivity index (χ0n) is 6.27. The maximum Gasteiger partial charge on any atom is 0.380 e. The molecule has 6 nitrogen and oxygen atoms in total. The summed E-state index contributed by atoms with van der Waals surface area (Å²) in [5.41, 5.74) is 0. The van der Waals surface area contributed by atoms with Gasteiger partial charge >= 0.3 is 11.8 Å². The highest BCUT2D eigenvalue weighted by molar-refractivity contribution is 5.89. The van der Waals surface area contributed by atoms with Crippen LogP contribution in [0, 0.1) is 0 Å². The number of alkyl halides is 1. The molecule has 0 aliphatic carbocycles. The molecule has 7 heteroatoms. The minimum absolute atomic E-state index is 1.07. The van der Waals surface area contributed by atoms with Crippen molar-refractivity contribution in [2.75, 3.05) is 6.61 Å². The van der Waals surface area contributed by atoms with E-state index in [1.807, 2.05) is 0 Å². The fourth-order valence-electron chi connectivity index (χ4n) is 0.833. The van der Waals surface area contributed by atoms with Crippen LogP contribution in [0.25, 0.3) is 0 Å². The van der Waals surface area contributed by atoms with Crippen molar-refractivity contribution in [3.63, 3.8) is 0 Å². The largest absolute Gasteiger partial charge is 0.503 e. The van der Waals surface area contributed by atoms with E-state index in [0.29, 0.717) is 0 Å². The molecule has 0 saturated heterocycles. The van der Waals surface area contributed by atoms with E-state index in [4.69, 9.17) is 20.4 Å². The molecular formula is C6H7FO6. The van der Waals surface area contributed by atoms with Gasteiger partial charge in [0.05, 0.1) is 6.61 Å². The van der Waals surface area contributed by atoms with E-state index in [1.165, 1.54) is 0 Å². The normalized spacial score (nSPS) is 30.5. The molecule has 0 saturated carbocycles. The molecule has 74 valence electrons. The lowest BCUT2D eigenvalue weighted by molar-refractivity contribution is -0.198.